The summed E-state index contributed by atoms with van der Waals surface area (Å²) in [5, 5.41) is 0. The van der Waals surface area contributed by atoms with Crippen LogP contribution in [-0.4, -0.2) is 40.0 Å². The standard InChI is InChI=1S/C11H13FN3O4S.Ac/c1-20(17,18)14-10-3-2-7(4-9(10)12)15-6-8(5-13)19-11(15)16;/h2-4,8,13-14H,5-6H2,1H3;/q-1;/t8-;/m0./s1. The van der Waals surface area contributed by atoms with Crippen LogP contribution in [0.2, 0.25) is 0 Å². The minimum absolute atomic E-state index is 0. The quantitative estimate of drug-likeness (QED) is 0.641. The molecule has 113 valence electrons. The van der Waals surface area contributed by atoms with Crippen LogP contribution in [0.25, 0.3) is 5.73 Å². The van der Waals surface area contributed by atoms with Gasteiger partial charge in [0, 0.05) is 44.1 Å². The first-order valence-electron chi connectivity index (χ1n) is 5.70. The average Bonchev–Trinajstić information content (AvgIpc) is 2.72. The molecule has 2 N–H and O–H groups in total. The summed E-state index contributed by atoms with van der Waals surface area (Å²) in [4.78, 5) is 12.8. The molecule has 1 atom stereocenters. The van der Waals surface area contributed by atoms with Gasteiger partial charge in [0.1, 0.15) is 11.9 Å². The van der Waals surface area contributed by atoms with E-state index in [0.717, 1.165) is 12.3 Å². The molecular formula is C11H13AcFN3O4S-. The van der Waals surface area contributed by atoms with E-state index in [1.54, 1.807) is 0 Å². The number of hydrogen-bond donors (Lipinski definition) is 1. The van der Waals surface area contributed by atoms with Crippen LogP contribution in [-0.2, 0) is 14.8 Å². The number of ether oxygens (including phenoxy) is 1. The van der Waals surface area contributed by atoms with Gasteiger partial charge < -0.3 is 10.5 Å². The van der Waals surface area contributed by atoms with E-state index in [1.165, 1.54) is 17.0 Å². The van der Waals surface area contributed by atoms with Crippen molar-refractivity contribution in [1.82, 2.24) is 0 Å². The molecule has 10 heteroatoms. The Morgan fingerprint density at radius 1 is 1.52 bits per heavy atom. The van der Waals surface area contributed by atoms with Crippen molar-refractivity contribution in [1.29, 1.82) is 0 Å². The third-order valence-corrected chi connectivity index (χ3v) is 3.25. The van der Waals surface area contributed by atoms with Crippen molar-refractivity contribution in [2.45, 2.75) is 6.10 Å². The molecule has 1 aliphatic rings. The van der Waals surface area contributed by atoms with Gasteiger partial charge in [0.05, 0.1) is 24.2 Å². The number of carbonyl (C=O) groups is 1. The van der Waals surface area contributed by atoms with E-state index in [1.807, 2.05) is 4.72 Å². The van der Waals surface area contributed by atoms with E-state index < -0.39 is 28.0 Å². The monoisotopic (exact) mass is 529 g/mol. The fourth-order valence-electron chi connectivity index (χ4n) is 1.79. The van der Waals surface area contributed by atoms with Crippen LogP contribution in [0, 0.1) is 49.9 Å². The number of halogens is 1. The summed E-state index contributed by atoms with van der Waals surface area (Å²) in [5.74, 6) is -0.796. The zero-order valence-electron chi connectivity index (χ0n) is 11.2. The molecule has 1 saturated heterocycles. The molecule has 1 aromatic rings. The van der Waals surface area contributed by atoms with Crippen molar-refractivity contribution in [3.8, 4) is 0 Å². The number of nitrogens with zero attached hydrogens (tertiary/aromatic N) is 1. The third kappa shape index (κ3) is 4.78. The maximum Gasteiger partial charge on any atom is 0.414 e. The fraction of sp³-hybridized carbons (Fsp3) is 0.364. The Morgan fingerprint density at radius 2 is 2.19 bits per heavy atom. The Bertz CT molecular complexity index is 640. The Labute approximate surface area is 157 Å². The van der Waals surface area contributed by atoms with E-state index >= 15 is 0 Å². The van der Waals surface area contributed by atoms with Gasteiger partial charge in [-0.1, -0.05) is 0 Å². The summed E-state index contributed by atoms with van der Waals surface area (Å²) in [5.41, 5.74) is 7.22. The first-order chi connectivity index (χ1) is 9.30. The molecule has 7 nitrogen and oxygen atoms in total. The molecule has 1 aliphatic heterocycles. The number of sulfonamides is 1. The largest absolute Gasteiger partial charge is 0.674 e. The second-order valence-corrected chi connectivity index (χ2v) is 6.11. The maximum absolute atomic E-state index is 13.8. The van der Waals surface area contributed by atoms with Crippen LogP contribution < -0.4 is 9.62 Å². The summed E-state index contributed by atoms with van der Waals surface area (Å²) < 4.78 is 42.8. The van der Waals surface area contributed by atoms with Gasteiger partial charge in [0.2, 0.25) is 10.0 Å². The number of cyclic esters (lactones) is 1. The molecule has 1 radical (unpaired) electrons. The van der Waals surface area contributed by atoms with Crippen molar-refractivity contribution < 1.29 is 66.4 Å². The van der Waals surface area contributed by atoms with Gasteiger partial charge in [0.25, 0.3) is 0 Å². The predicted molar refractivity (Wildman–Crippen MR) is 71.7 cm³/mol. The molecular weight excluding hydrogens is 516 g/mol. The Morgan fingerprint density at radius 3 is 2.67 bits per heavy atom. The van der Waals surface area contributed by atoms with E-state index in [9.17, 15) is 17.6 Å². The minimum atomic E-state index is -3.58. The van der Waals surface area contributed by atoms with Crippen molar-refractivity contribution >= 4 is 27.5 Å². The van der Waals surface area contributed by atoms with E-state index in [0.29, 0.717) is 0 Å². The smallest absolute Gasteiger partial charge is 0.414 e. The number of rotatable bonds is 4. The molecule has 0 spiro atoms. The summed E-state index contributed by atoms with van der Waals surface area (Å²) in [6.45, 7) is 0.0963. The molecule has 1 fully saturated rings. The molecule has 0 unspecified atom stereocenters. The molecule has 1 amide bonds. The van der Waals surface area contributed by atoms with Crippen LogP contribution in [0.15, 0.2) is 18.2 Å². The number of benzene rings is 1. The number of carbonyl (C=O) groups excluding carboxylic acids is 1. The molecule has 0 aliphatic carbocycles. The molecule has 0 aromatic heterocycles. The molecule has 2 rings (SSSR count). The zero-order chi connectivity index (χ0) is 14.9. The topological polar surface area (TPSA) is 99.5 Å². The zero-order valence-corrected chi connectivity index (χ0v) is 16.7. The number of anilines is 2. The van der Waals surface area contributed by atoms with Crippen molar-refractivity contribution in [2.75, 3.05) is 29.0 Å². The Kier molecular flexibility index (Phi) is 6.40. The SMILES string of the molecule is CS(=O)(=O)Nc1ccc(N2C[C@H](C[NH-])OC2=O)cc1F.[Ac]. The van der Waals surface area contributed by atoms with Crippen molar-refractivity contribution in [3.63, 3.8) is 0 Å². The summed E-state index contributed by atoms with van der Waals surface area (Å²) in [6, 6.07) is 3.68. The minimum Gasteiger partial charge on any atom is -0.674 e. The molecule has 21 heavy (non-hydrogen) atoms. The van der Waals surface area contributed by atoms with Gasteiger partial charge in [-0.15, -0.1) is 6.54 Å². The van der Waals surface area contributed by atoms with E-state index in [4.69, 9.17) is 10.5 Å². The Hall–Kier alpha value is -0.428. The number of nitrogens with one attached hydrogen (secondary N) is 2. The molecule has 0 saturated carbocycles. The first kappa shape index (κ1) is 18.6. The molecule has 0 bridgehead atoms. The third-order valence-electron chi connectivity index (χ3n) is 2.66. The first-order valence-corrected chi connectivity index (χ1v) is 7.59. The second-order valence-electron chi connectivity index (χ2n) is 4.36. The van der Waals surface area contributed by atoms with Crippen LogP contribution in [0.5, 0.6) is 0 Å². The summed E-state index contributed by atoms with van der Waals surface area (Å²) in [6.07, 6.45) is -0.276. The van der Waals surface area contributed by atoms with Crippen LogP contribution in [0.3, 0.4) is 0 Å². The van der Waals surface area contributed by atoms with Gasteiger partial charge in [-0.25, -0.2) is 17.6 Å². The van der Waals surface area contributed by atoms with Crippen molar-refractivity contribution in [2.24, 2.45) is 0 Å². The van der Waals surface area contributed by atoms with Crippen molar-refractivity contribution in [3.05, 3.63) is 29.7 Å². The van der Waals surface area contributed by atoms with Gasteiger partial charge >= 0.3 is 6.09 Å². The van der Waals surface area contributed by atoms with Gasteiger partial charge in [-0.3, -0.25) is 9.62 Å². The summed E-state index contributed by atoms with van der Waals surface area (Å²) >= 11 is 0. The van der Waals surface area contributed by atoms with E-state index in [2.05, 4.69) is 0 Å². The molecule has 1 aromatic carbocycles. The van der Waals surface area contributed by atoms with Crippen LogP contribution >= 0.6 is 0 Å². The Balaban J connectivity index is 0.00000220. The van der Waals surface area contributed by atoms with Crippen LogP contribution in [0.1, 0.15) is 0 Å². The second kappa shape index (κ2) is 7.22. The normalized spacial score (nSPS) is 18.1. The fourth-order valence-corrected chi connectivity index (χ4v) is 2.36. The maximum atomic E-state index is 13.8. The molecule has 1 heterocycles. The number of hydrogen-bond acceptors (Lipinski definition) is 4. The predicted octanol–water partition coefficient (Wildman–Crippen LogP) is 1.57. The van der Waals surface area contributed by atoms with Gasteiger partial charge in [-0.2, -0.15) is 0 Å². The van der Waals surface area contributed by atoms with E-state index in [-0.39, 0.29) is 68.5 Å². The van der Waals surface area contributed by atoms with Gasteiger partial charge in [0.15, 0.2) is 0 Å². The number of amides is 1. The van der Waals surface area contributed by atoms with Crippen LogP contribution in [0.4, 0.5) is 20.6 Å². The summed E-state index contributed by atoms with van der Waals surface area (Å²) in [7, 11) is -3.58. The average molecular weight is 529 g/mol. The van der Waals surface area contributed by atoms with Gasteiger partial charge in [-0.05, 0) is 18.2 Å².